The molecule has 5 rings (SSSR count). The van der Waals surface area contributed by atoms with Gasteiger partial charge in [-0.3, -0.25) is 9.36 Å². The van der Waals surface area contributed by atoms with Gasteiger partial charge in [0, 0.05) is 24.9 Å². The maximum absolute atomic E-state index is 13.2. The summed E-state index contributed by atoms with van der Waals surface area (Å²) in [5, 5.41) is 22.4. The second kappa shape index (κ2) is 9.18. The molecule has 0 aliphatic carbocycles. The minimum Gasteiger partial charge on any atom is -0.508 e. The summed E-state index contributed by atoms with van der Waals surface area (Å²) >= 11 is 9.50. The molecule has 0 fully saturated rings. The van der Waals surface area contributed by atoms with Crippen molar-refractivity contribution in [3.05, 3.63) is 50.0 Å². The molecular formula is C21H20BrClN8O3. The van der Waals surface area contributed by atoms with E-state index in [1.807, 2.05) is 4.57 Å². The first kappa shape index (κ1) is 22.5. The number of aromatic hydroxyl groups is 1. The Labute approximate surface area is 205 Å². The van der Waals surface area contributed by atoms with Crippen LogP contribution in [0.15, 0.2) is 32.3 Å². The van der Waals surface area contributed by atoms with Gasteiger partial charge in [0.25, 0.3) is 5.56 Å². The zero-order valence-corrected chi connectivity index (χ0v) is 20.5. The van der Waals surface area contributed by atoms with Gasteiger partial charge in [-0.05, 0) is 40.5 Å². The Hall–Kier alpha value is -3.25. The van der Waals surface area contributed by atoms with Crippen LogP contribution in [0.1, 0.15) is 37.9 Å². The van der Waals surface area contributed by atoms with E-state index < -0.39 is 0 Å². The van der Waals surface area contributed by atoms with Crippen LogP contribution < -0.4 is 5.56 Å². The maximum atomic E-state index is 13.2. The molecule has 4 aromatic heterocycles. The van der Waals surface area contributed by atoms with E-state index >= 15 is 0 Å². The van der Waals surface area contributed by atoms with E-state index in [0.717, 1.165) is 19.3 Å². The number of halogens is 2. The predicted octanol–water partition coefficient (Wildman–Crippen LogP) is 3.91. The van der Waals surface area contributed by atoms with Gasteiger partial charge in [-0.15, -0.1) is 10.2 Å². The fourth-order valence-electron chi connectivity index (χ4n) is 3.83. The van der Waals surface area contributed by atoms with Gasteiger partial charge in [0.15, 0.2) is 15.9 Å². The van der Waals surface area contributed by atoms with Crippen LogP contribution in [0, 0.1) is 0 Å². The molecule has 34 heavy (non-hydrogen) atoms. The summed E-state index contributed by atoms with van der Waals surface area (Å²) in [5.41, 5.74) is 1.22. The van der Waals surface area contributed by atoms with Crippen molar-refractivity contribution in [2.24, 2.45) is 0 Å². The summed E-state index contributed by atoms with van der Waals surface area (Å²) in [7, 11) is 0. The number of phenols is 1. The number of benzene rings is 1. The summed E-state index contributed by atoms with van der Waals surface area (Å²) in [6.45, 7) is 2.80. The van der Waals surface area contributed by atoms with Gasteiger partial charge in [0.2, 0.25) is 17.5 Å². The average Bonchev–Trinajstić information content (AvgIpc) is 3.53. The molecule has 0 saturated heterocycles. The quantitative estimate of drug-likeness (QED) is 0.220. The summed E-state index contributed by atoms with van der Waals surface area (Å²) in [4.78, 5) is 25.0. The Balaban J connectivity index is 1.46. The largest absolute Gasteiger partial charge is 0.508 e. The number of aryl methyl sites for hydroxylation is 3. The zero-order valence-electron chi connectivity index (χ0n) is 18.1. The molecule has 176 valence electrons. The number of imidazole rings is 1. The van der Waals surface area contributed by atoms with Crippen molar-refractivity contribution in [2.75, 3.05) is 0 Å². The molecule has 0 bridgehead atoms. The molecule has 2 N–H and O–H groups in total. The molecule has 0 spiro atoms. The van der Waals surface area contributed by atoms with Crippen molar-refractivity contribution < 1.29 is 9.63 Å². The van der Waals surface area contributed by atoms with E-state index in [1.54, 1.807) is 6.07 Å². The summed E-state index contributed by atoms with van der Waals surface area (Å²) < 4.78 is 9.27. The van der Waals surface area contributed by atoms with Crippen molar-refractivity contribution in [3.63, 3.8) is 0 Å². The van der Waals surface area contributed by atoms with E-state index in [1.165, 1.54) is 16.5 Å². The minimum absolute atomic E-state index is 0.0508. The SMILES string of the molecule is CCCCCn1c2nc(Br)[nH]c2c(=O)n2c(CCc3nc(-c4ccc(O)cc4Cl)no3)nnc12. The molecule has 1 aromatic carbocycles. The van der Waals surface area contributed by atoms with E-state index in [2.05, 4.69) is 53.2 Å². The van der Waals surface area contributed by atoms with Crippen LogP contribution >= 0.6 is 27.5 Å². The molecule has 0 amide bonds. The number of phenolic OH excluding ortho intramolecular Hbond substituents is 1. The standard InChI is InChI=1S/C21H20BrClN8O3/c1-2-3-4-9-30-18-16(25-20(22)26-18)19(33)31-14(27-28-21(30)31)7-8-15-24-17(29-34-15)12-6-5-11(32)10-13(12)23/h5-6,10,32H,2-4,7-9H2,1H3,(H,25,26). The zero-order chi connectivity index (χ0) is 23.8. The minimum atomic E-state index is -0.267. The van der Waals surface area contributed by atoms with Gasteiger partial charge in [-0.1, -0.05) is 36.5 Å². The van der Waals surface area contributed by atoms with Crippen LogP contribution in [0.3, 0.4) is 0 Å². The highest BCUT2D eigenvalue weighted by atomic mass is 79.9. The lowest BCUT2D eigenvalue weighted by Gasteiger charge is -2.09. The maximum Gasteiger partial charge on any atom is 0.286 e. The van der Waals surface area contributed by atoms with Crippen LogP contribution in [0.2, 0.25) is 5.02 Å². The highest BCUT2D eigenvalue weighted by Gasteiger charge is 2.20. The van der Waals surface area contributed by atoms with Crippen molar-refractivity contribution in [1.29, 1.82) is 0 Å². The lowest BCUT2D eigenvalue weighted by atomic mass is 10.2. The number of unbranched alkanes of at least 4 members (excludes halogenated alkanes) is 2. The van der Waals surface area contributed by atoms with E-state index in [-0.39, 0.29) is 11.3 Å². The predicted molar refractivity (Wildman–Crippen MR) is 128 cm³/mol. The van der Waals surface area contributed by atoms with Crippen LogP contribution in [-0.4, -0.2) is 44.4 Å². The lowest BCUT2D eigenvalue weighted by molar-refractivity contribution is 0.378. The molecule has 0 atom stereocenters. The fourth-order valence-corrected chi connectivity index (χ4v) is 4.46. The second-order valence-electron chi connectivity index (χ2n) is 7.82. The number of aromatic amines is 1. The molecule has 0 unspecified atom stereocenters. The van der Waals surface area contributed by atoms with Crippen molar-refractivity contribution in [1.82, 2.24) is 39.3 Å². The monoisotopic (exact) mass is 546 g/mol. The van der Waals surface area contributed by atoms with E-state index in [4.69, 9.17) is 16.1 Å². The van der Waals surface area contributed by atoms with Gasteiger partial charge in [-0.2, -0.15) is 4.98 Å². The Morgan fingerprint density at radius 1 is 1.21 bits per heavy atom. The summed E-state index contributed by atoms with van der Waals surface area (Å²) in [6.07, 6.45) is 3.77. The number of fused-ring (bicyclic) bond motifs is 2. The molecule has 5 aromatic rings. The normalized spacial score (nSPS) is 11.7. The van der Waals surface area contributed by atoms with Crippen molar-refractivity contribution in [2.45, 2.75) is 45.6 Å². The third-order valence-electron chi connectivity index (χ3n) is 5.49. The van der Waals surface area contributed by atoms with Gasteiger partial charge in [0.1, 0.15) is 11.6 Å². The average molecular weight is 548 g/mol. The van der Waals surface area contributed by atoms with Gasteiger partial charge in [0.05, 0.1) is 5.02 Å². The molecular weight excluding hydrogens is 528 g/mol. The highest BCUT2D eigenvalue weighted by molar-refractivity contribution is 9.10. The Morgan fingerprint density at radius 3 is 2.85 bits per heavy atom. The smallest absolute Gasteiger partial charge is 0.286 e. The van der Waals surface area contributed by atoms with Crippen LogP contribution in [0.5, 0.6) is 5.75 Å². The molecule has 4 heterocycles. The van der Waals surface area contributed by atoms with E-state index in [9.17, 15) is 9.90 Å². The molecule has 0 aliphatic rings. The number of hydrogen-bond acceptors (Lipinski definition) is 8. The van der Waals surface area contributed by atoms with Crippen LogP contribution in [-0.2, 0) is 19.4 Å². The first-order valence-corrected chi connectivity index (χ1v) is 12.0. The van der Waals surface area contributed by atoms with Crippen molar-refractivity contribution >= 4 is 44.5 Å². The number of nitrogens with one attached hydrogen (secondary N) is 1. The second-order valence-corrected chi connectivity index (χ2v) is 8.98. The Morgan fingerprint density at radius 2 is 2.06 bits per heavy atom. The molecule has 13 heteroatoms. The number of hydrogen-bond donors (Lipinski definition) is 2. The number of rotatable bonds is 8. The van der Waals surface area contributed by atoms with E-state index in [0.29, 0.717) is 69.2 Å². The number of nitrogens with zero attached hydrogens (tertiary/aromatic N) is 7. The first-order valence-electron chi connectivity index (χ1n) is 10.8. The summed E-state index contributed by atoms with van der Waals surface area (Å²) in [5.74, 6) is 1.66. The third kappa shape index (κ3) is 4.07. The van der Waals surface area contributed by atoms with Gasteiger partial charge in [-0.25, -0.2) is 9.38 Å². The highest BCUT2D eigenvalue weighted by Crippen LogP contribution is 2.29. The Kier molecular flexibility index (Phi) is 6.09. The van der Waals surface area contributed by atoms with Crippen LogP contribution in [0.4, 0.5) is 0 Å². The van der Waals surface area contributed by atoms with Gasteiger partial charge < -0.3 is 14.6 Å². The van der Waals surface area contributed by atoms with Gasteiger partial charge >= 0.3 is 0 Å². The number of aromatic nitrogens is 8. The lowest BCUT2D eigenvalue weighted by Crippen LogP contribution is -2.21. The molecule has 0 aliphatic heterocycles. The third-order valence-corrected chi connectivity index (χ3v) is 6.18. The molecule has 0 saturated carbocycles. The molecule has 0 radical (unpaired) electrons. The summed E-state index contributed by atoms with van der Waals surface area (Å²) in [6, 6.07) is 4.53. The molecule has 11 nitrogen and oxygen atoms in total. The number of H-pyrrole nitrogens is 1. The van der Waals surface area contributed by atoms with Crippen molar-refractivity contribution in [3.8, 4) is 17.1 Å². The first-order chi connectivity index (χ1) is 16.5. The van der Waals surface area contributed by atoms with Crippen LogP contribution in [0.25, 0.3) is 28.3 Å². The topological polar surface area (TPSA) is 140 Å². The fraction of sp³-hybridized carbons (Fsp3) is 0.333. The Bertz CT molecular complexity index is 1550.